The second-order valence-corrected chi connectivity index (χ2v) is 5.80. The van der Waals surface area contributed by atoms with Crippen LogP contribution >= 0.6 is 23.2 Å². The zero-order valence-corrected chi connectivity index (χ0v) is 13.8. The van der Waals surface area contributed by atoms with Crippen LogP contribution < -0.4 is 4.74 Å². The average molecular weight is 346 g/mol. The van der Waals surface area contributed by atoms with Gasteiger partial charge in [0.2, 0.25) is 0 Å². The summed E-state index contributed by atoms with van der Waals surface area (Å²) < 4.78 is 5.73. The van der Waals surface area contributed by atoms with E-state index in [4.69, 9.17) is 33.3 Å². The lowest BCUT2D eigenvalue weighted by Crippen LogP contribution is -1.99. The van der Waals surface area contributed by atoms with Gasteiger partial charge in [0, 0.05) is 28.9 Å². The Morgan fingerprint density at radius 3 is 2.74 bits per heavy atom. The average Bonchev–Trinajstić information content (AvgIpc) is 2.53. The third kappa shape index (κ3) is 3.44. The van der Waals surface area contributed by atoms with Crippen molar-refractivity contribution in [3.8, 4) is 5.75 Å². The predicted octanol–water partition coefficient (Wildman–Crippen LogP) is 4.90. The normalized spacial score (nSPS) is 10.7. The third-order valence-corrected chi connectivity index (χ3v) is 3.91. The Bertz CT molecular complexity index is 882. The molecule has 0 bridgehead atoms. The van der Waals surface area contributed by atoms with Crippen LogP contribution in [-0.2, 0) is 6.61 Å². The fourth-order valence-corrected chi connectivity index (χ4v) is 2.67. The summed E-state index contributed by atoms with van der Waals surface area (Å²) in [4.78, 5) is 8.53. The van der Waals surface area contributed by atoms with Crippen molar-refractivity contribution >= 4 is 39.8 Å². The van der Waals surface area contributed by atoms with Crippen LogP contribution in [0.2, 0.25) is 10.2 Å². The predicted molar refractivity (Wildman–Crippen MR) is 92.8 cm³/mol. The number of fused-ring (bicyclic) bond motifs is 1. The Balaban J connectivity index is 1.94. The van der Waals surface area contributed by atoms with Gasteiger partial charge in [0.15, 0.2) is 0 Å². The number of nitrogens with zero attached hydrogens (tertiary/aromatic N) is 2. The van der Waals surface area contributed by atoms with Gasteiger partial charge < -0.3 is 10.1 Å². The van der Waals surface area contributed by atoms with Crippen LogP contribution in [0.25, 0.3) is 10.9 Å². The number of halogens is 2. The van der Waals surface area contributed by atoms with Crippen LogP contribution in [0.5, 0.6) is 5.75 Å². The number of ether oxygens (including phenoxy) is 1. The fourth-order valence-electron chi connectivity index (χ4n) is 2.16. The Labute approximate surface area is 143 Å². The van der Waals surface area contributed by atoms with E-state index in [1.54, 1.807) is 31.3 Å². The molecular weight excluding hydrogens is 333 g/mol. The van der Waals surface area contributed by atoms with Gasteiger partial charge >= 0.3 is 0 Å². The highest BCUT2D eigenvalue weighted by atomic mass is 35.5. The van der Waals surface area contributed by atoms with Crippen LogP contribution in [0.1, 0.15) is 18.2 Å². The van der Waals surface area contributed by atoms with Gasteiger partial charge in [-0.2, -0.15) is 0 Å². The van der Waals surface area contributed by atoms with E-state index in [2.05, 4.69) is 9.97 Å². The molecule has 3 rings (SSSR count). The molecule has 0 aliphatic rings. The van der Waals surface area contributed by atoms with Gasteiger partial charge in [-0.05, 0) is 31.2 Å². The van der Waals surface area contributed by atoms with Crippen molar-refractivity contribution in [3.05, 3.63) is 64.0 Å². The van der Waals surface area contributed by atoms with E-state index in [0.717, 1.165) is 11.1 Å². The van der Waals surface area contributed by atoms with E-state index >= 15 is 0 Å². The van der Waals surface area contributed by atoms with Gasteiger partial charge in [0.1, 0.15) is 17.5 Å². The maximum atomic E-state index is 7.72. The first-order valence-electron chi connectivity index (χ1n) is 6.92. The molecule has 3 aromatic rings. The highest BCUT2D eigenvalue weighted by molar-refractivity contribution is 6.34. The molecule has 0 unspecified atom stereocenters. The summed E-state index contributed by atoms with van der Waals surface area (Å²) >= 11 is 12.4. The molecule has 0 saturated heterocycles. The summed E-state index contributed by atoms with van der Waals surface area (Å²) in [5, 5.41) is 9.30. The summed E-state index contributed by atoms with van der Waals surface area (Å²) in [6, 6.07) is 10.9. The number of nitrogens with one attached hydrogen (secondary N) is 1. The molecule has 0 fully saturated rings. The SMILES string of the molecule is CC(=N)c1cc2cc(Cl)c(OCc3ccccn3)cc2nc1Cl. The van der Waals surface area contributed by atoms with E-state index in [9.17, 15) is 0 Å². The van der Waals surface area contributed by atoms with Crippen molar-refractivity contribution in [1.82, 2.24) is 9.97 Å². The Hall–Kier alpha value is -2.17. The molecule has 0 radical (unpaired) electrons. The molecule has 0 atom stereocenters. The highest BCUT2D eigenvalue weighted by Gasteiger charge is 2.11. The van der Waals surface area contributed by atoms with Gasteiger partial charge in [-0.3, -0.25) is 4.98 Å². The minimum absolute atomic E-state index is 0.294. The molecule has 0 amide bonds. The standard InChI is InChI=1S/C17H13Cl2N3O/c1-10(20)13-6-11-7-14(18)16(8-15(11)22-17(13)19)23-9-12-4-2-3-5-21-12/h2-8,20H,9H2,1H3. The molecule has 0 aliphatic heterocycles. The number of benzene rings is 1. The molecule has 116 valence electrons. The molecule has 0 spiro atoms. The Morgan fingerprint density at radius 1 is 1.22 bits per heavy atom. The van der Waals surface area contributed by atoms with Gasteiger partial charge in [-0.15, -0.1) is 0 Å². The first-order chi connectivity index (χ1) is 11.0. The Morgan fingerprint density at radius 2 is 2.04 bits per heavy atom. The van der Waals surface area contributed by atoms with Crippen LogP contribution in [0.15, 0.2) is 42.6 Å². The van der Waals surface area contributed by atoms with Crippen molar-refractivity contribution in [1.29, 1.82) is 5.41 Å². The quantitative estimate of drug-likeness (QED) is 0.540. The topological polar surface area (TPSA) is 58.9 Å². The summed E-state index contributed by atoms with van der Waals surface area (Å²) in [6.45, 7) is 1.98. The molecule has 1 aromatic carbocycles. The molecule has 0 saturated carbocycles. The maximum Gasteiger partial charge on any atom is 0.140 e. The molecule has 4 nitrogen and oxygen atoms in total. The number of hydrogen-bond donors (Lipinski definition) is 1. The smallest absolute Gasteiger partial charge is 0.140 e. The largest absolute Gasteiger partial charge is 0.486 e. The summed E-state index contributed by atoms with van der Waals surface area (Å²) in [6.07, 6.45) is 1.71. The lowest BCUT2D eigenvalue weighted by Gasteiger charge is -2.10. The van der Waals surface area contributed by atoms with Crippen LogP contribution in [0.4, 0.5) is 0 Å². The highest BCUT2D eigenvalue weighted by Crippen LogP contribution is 2.31. The second-order valence-electron chi connectivity index (χ2n) is 5.04. The molecular formula is C17H13Cl2N3O. The first kappa shape index (κ1) is 15.7. The van der Waals surface area contributed by atoms with E-state index in [0.29, 0.717) is 39.3 Å². The van der Waals surface area contributed by atoms with Gasteiger partial charge in [-0.25, -0.2) is 4.98 Å². The van der Waals surface area contributed by atoms with Crippen molar-refractivity contribution in [2.24, 2.45) is 0 Å². The molecule has 1 N–H and O–H groups in total. The van der Waals surface area contributed by atoms with Crippen molar-refractivity contribution in [2.75, 3.05) is 0 Å². The molecule has 6 heteroatoms. The monoisotopic (exact) mass is 345 g/mol. The number of aromatic nitrogens is 2. The van der Waals surface area contributed by atoms with Crippen LogP contribution in [0.3, 0.4) is 0 Å². The zero-order chi connectivity index (χ0) is 16.4. The van der Waals surface area contributed by atoms with E-state index in [1.165, 1.54) is 0 Å². The maximum absolute atomic E-state index is 7.72. The van der Waals surface area contributed by atoms with Gasteiger partial charge in [0.05, 0.1) is 16.2 Å². The van der Waals surface area contributed by atoms with Crippen LogP contribution in [-0.4, -0.2) is 15.7 Å². The molecule has 2 aromatic heterocycles. The third-order valence-electron chi connectivity index (χ3n) is 3.33. The summed E-state index contributed by atoms with van der Waals surface area (Å²) in [5.41, 5.74) is 2.43. The molecule has 23 heavy (non-hydrogen) atoms. The zero-order valence-electron chi connectivity index (χ0n) is 12.3. The first-order valence-corrected chi connectivity index (χ1v) is 7.68. The van der Waals surface area contributed by atoms with E-state index in [-0.39, 0.29) is 0 Å². The second kappa shape index (κ2) is 6.52. The number of pyridine rings is 2. The minimum Gasteiger partial charge on any atom is -0.486 e. The Kier molecular flexibility index (Phi) is 4.46. The van der Waals surface area contributed by atoms with Gasteiger partial charge in [-0.1, -0.05) is 29.3 Å². The fraction of sp³-hybridized carbons (Fsp3) is 0.118. The summed E-state index contributed by atoms with van der Waals surface area (Å²) in [7, 11) is 0. The van der Waals surface area contributed by atoms with Crippen molar-refractivity contribution in [2.45, 2.75) is 13.5 Å². The lowest BCUT2D eigenvalue weighted by molar-refractivity contribution is 0.302. The number of hydrogen-bond acceptors (Lipinski definition) is 4. The van der Waals surface area contributed by atoms with Gasteiger partial charge in [0.25, 0.3) is 0 Å². The lowest BCUT2D eigenvalue weighted by atomic mass is 10.1. The van der Waals surface area contributed by atoms with Crippen molar-refractivity contribution < 1.29 is 4.74 Å². The molecule has 0 aliphatic carbocycles. The van der Waals surface area contributed by atoms with E-state index < -0.39 is 0 Å². The molecule has 2 heterocycles. The summed E-state index contributed by atoms with van der Waals surface area (Å²) in [5.74, 6) is 0.521. The minimum atomic E-state index is 0.294. The van der Waals surface area contributed by atoms with Crippen LogP contribution in [0, 0.1) is 5.41 Å². The number of rotatable bonds is 4. The van der Waals surface area contributed by atoms with Crippen molar-refractivity contribution in [3.63, 3.8) is 0 Å². The van der Waals surface area contributed by atoms with E-state index in [1.807, 2.05) is 18.2 Å².